The Hall–Kier alpha value is -0.380. The fraction of sp³-hybridized carbons (Fsp3) is 0.500. The van der Waals surface area contributed by atoms with Gasteiger partial charge in [0.05, 0.1) is 9.88 Å². The second kappa shape index (κ2) is 4.43. The summed E-state index contributed by atoms with van der Waals surface area (Å²) in [5, 5.41) is 2.99. The molecule has 0 amide bonds. The number of halogens is 1. The molecule has 1 aromatic rings. The molecule has 0 radical (unpaired) electrons. The third-order valence-electron chi connectivity index (χ3n) is 2.29. The Morgan fingerprint density at radius 1 is 1.57 bits per heavy atom. The van der Waals surface area contributed by atoms with Gasteiger partial charge >= 0.3 is 0 Å². The standard InChI is InChI=1S/C10H14ClNOS/c1-10(2,12-3)8(13)6-7-4-5-9(11)14-7/h4-5,12H,6H2,1-3H3. The molecule has 1 rings (SSSR count). The van der Waals surface area contributed by atoms with E-state index in [4.69, 9.17) is 11.6 Å². The zero-order valence-electron chi connectivity index (χ0n) is 8.56. The van der Waals surface area contributed by atoms with E-state index in [1.807, 2.05) is 26.0 Å². The molecule has 0 bridgehead atoms. The molecule has 78 valence electrons. The van der Waals surface area contributed by atoms with Gasteiger partial charge in [-0.05, 0) is 33.0 Å². The number of carbonyl (C=O) groups is 1. The van der Waals surface area contributed by atoms with Crippen LogP contribution in [0.2, 0.25) is 4.34 Å². The van der Waals surface area contributed by atoms with E-state index in [0.29, 0.717) is 6.42 Å². The number of hydrogen-bond donors (Lipinski definition) is 1. The fourth-order valence-electron chi connectivity index (χ4n) is 0.965. The van der Waals surface area contributed by atoms with Crippen molar-refractivity contribution in [2.24, 2.45) is 0 Å². The summed E-state index contributed by atoms with van der Waals surface area (Å²) in [6.45, 7) is 3.76. The van der Waals surface area contributed by atoms with Crippen LogP contribution < -0.4 is 5.32 Å². The van der Waals surface area contributed by atoms with E-state index in [9.17, 15) is 4.79 Å². The van der Waals surface area contributed by atoms with Crippen molar-refractivity contribution in [2.45, 2.75) is 25.8 Å². The Balaban J connectivity index is 2.66. The van der Waals surface area contributed by atoms with Gasteiger partial charge in [-0.3, -0.25) is 4.79 Å². The highest BCUT2D eigenvalue weighted by molar-refractivity contribution is 7.16. The number of rotatable bonds is 4. The number of Topliss-reactive ketones (excluding diaryl/α,β-unsaturated/α-hetero) is 1. The first-order chi connectivity index (χ1) is 6.45. The van der Waals surface area contributed by atoms with Crippen LogP contribution in [0.1, 0.15) is 18.7 Å². The van der Waals surface area contributed by atoms with E-state index in [0.717, 1.165) is 9.21 Å². The van der Waals surface area contributed by atoms with Crippen LogP contribution in [0.15, 0.2) is 12.1 Å². The summed E-state index contributed by atoms with van der Waals surface area (Å²) in [6, 6.07) is 3.72. The van der Waals surface area contributed by atoms with Crippen molar-refractivity contribution < 1.29 is 4.79 Å². The minimum Gasteiger partial charge on any atom is -0.308 e. The predicted octanol–water partition coefficient (Wildman–Crippen LogP) is 2.51. The lowest BCUT2D eigenvalue weighted by Gasteiger charge is -2.21. The molecule has 0 aromatic carbocycles. The van der Waals surface area contributed by atoms with E-state index in [1.165, 1.54) is 11.3 Å². The van der Waals surface area contributed by atoms with Crippen LogP contribution in [0.3, 0.4) is 0 Å². The van der Waals surface area contributed by atoms with Gasteiger partial charge in [0.15, 0.2) is 5.78 Å². The van der Waals surface area contributed by atoms with E-state index in [1.54, 1.807) is 7.05 Å². The van der Waals surface area contributed by atoms with Gasteiger partial charge in [-0.15, -0.1) is 11.3 Å². The maximum atomic E-state index is 11.8. The molecule has 1 heterocycles. The maximum absolute atomic E-state index is 11.8. The van der Waals surface area contributed by atoms with Crippen molar-refractivity contribution in [1.29, 1.82) is 0 Å². The normalized spacial score (nSPS) is 11.7. The van der Waals surface area contributed by atoms with Gasteiger partial charge in [0, 0.05) is 11.3 Å². The number of hydrogen-bond acceptors (Lipinski definition) is 3. The Bertz CT molecular complexity index is 333. The number of likely N-dealkylation sites (N-methyl/N-ethyl adjacent to an activating group) is 1. The molecule has 0 aliphatic rings. The first kappa shape index (κ1) is 11.7. The van der Waals surface area contributed by atoms with Crippen LogP contribution in [-0.2, 0) is 11.2 Å². The predicted molar refractivity (Wildman–Crippen MR) is 61.2 cm³/mol. The van der Waals surface area contributed by atoms with Crippen LogP contribution >= 0.6 is 22.9 Å². The summed E-state index contributed by atoms with van der Waals surface area (Å²) in [6.07, 6.45) is 0.450. The molecule has 0 aliphatic heterocycles. The number of nitrogens with one attached hydrogen (secondary N) is 1. The van der Waals surface area contributed by atoms with Gasteiger partial charge in [0.2, 0.25) is 0 Å². The minimum atomic E-state index is -0.462. The molecule has 4 heteroatoms. The molecule has 1 N–H and O–H groups in total. The summed E-state index contributed by atoms with van der Waals surface area (Å²) in [7, 11) is 1.79. The summed E-state index contributed by atoms with van der Waals surface area (Å²) in [4.78, 5) is 12.8. The quantitative estimate of drug-likeness (QED) is 0.863. The number of carbonyl (C=O) groups excluding carboxylic acids is 1. The van der Waals surface area contributed by atoms with Gasteiger partial charge in [0.25, 0.3) is 0 Å². The molecule has 0 aliphatic carbocycles. The third-order valence-corrected chi connectivity index (χ3v) is 3.52. The molecule has 0 fully saturated rings. The lowest BCUT2D eigenvalue weighted by Crippen LogP contribution is -2.45. The van der Waals surface area contributed by atoms with Crippen LogP contribution in [0.4, 0.5) is 0 Å². The molecule has 0 saturated carbocycles. The molecule has 0 spiro atoms. The summed E-state index contributed by atoms with van der Waals surface area (Å²) in [5.74, 6) is 0.179. The summed E-state index contributed by atoms with van der Waals surface area (Å²) < 4.78 is 0.732. The zero-order valence-corrected chi connectivity index (χ0v) is 10.1. The van der Waals surface area contributed by atoms with Crippen molar-refractivity contribution >= 4 is 28.7 Å². The van der Waals surface area contributed by atoms with Crippen molar-refractivity contribution in [3.63, 3.8) is 0 Å². The molecule has 2 nitrogen and oxygen atoms in total. The van der Waals surface area contributed by atoms with Crippen molar-refractivity contribution in [1.82, 2.24) is 5.32 Å². The lowest BCUT2D eigenvalue weighted by molar-refractivity contribution is -0.123. The lowest BCUT2D eigenvalue weighted by atomic mass is 9.96. The van der Waals surface area contributed by atoms with Crippen LogP contribution in [0, 0.1) is 0 Å². The van der Waals surface area contributed by atoms with Gasteiger partial charge < -0.3 is 5.32 Å². The smallest absolute Gasteiger partial charge is 0.157 e. The SMILES string of the molecule is CNC(C)(C)C(=O)Cc1ccc(Cl)s1. The average molecular weight is 232 g/mol. The zero-order chi connectivity index (χ0) is 10.8. The monoisotopic (exact) mass is 231 g/mol. The maximum Gasteiger partial charge on any atom is 0.157 e. The topological polar surface area (TPSA) is 29.1 Å². The first-order valence-electron chi connectivity index (χ1n) is 4.42. The molecule has 1 aromatic heterocycles. The third kappa shape index (κ3) is 2.80. The van der Waals surface area contributed by atoms with Crippen molar-refractivity contribution in [3.8, 4) is 0 Å². The molecule has 0 saturated heterocycles. The largest absolute Gasteiger partial charge is 0.308 e. The van der Waals surface area contributed by atoms with E-state index < -0.39 is 5.54 Å². The van der Waals surface area contributed by atoms with E-state index in [2.05, 4.69) is 5.32 Å². The average Bonchev–Trinajstić information content (AvgIpc) is 2.51. The molecule has 14 heavy (non-hydrogen) atoms. The molecule has 0 atom stereocenters. The Labute approximate surface area is 93.3 Å². The van der Waals surface area contributed by atoms with Gasteiger partial charge in [-0.1, -0.05) is 11.6 Å². The molecule has 0 unspecified atom stereocenters. The van der Waals surface area contributed by atoms with Gasteiger partial charge in [-0.25, -0.2) is 0 Å². The van der Waals surface area contributed by atoms with Crippen LogP contribution in [0.25, 0.3) is 0 Å². The second-order valence-electron chi connectivity index (χ2n) is 3.68. The summed E-state index contributed by atoms with van der Waals surface area (Å²) >= 11 is 7.24. The highest BCUT2D eigenvalue weighted by atomic mass is 35.5. The number of ketones is 1. The second-order valence-corrected chi connectivity index (χ2v) is 5.48. The number of thiophene rings is 1. The summed E-state index contributed by atoms with van der Waals surface area (Å²) in [5.41, 5.74) is -0.462. The van der Waals surface area contributed by atoms with Crippen molar-refractivity contribution in [3.05, 3.63) is 21.3 Å². The highest BCUT2D eigenvalue weighted by Gasteiger charge is 2.25. The minimum absolute atomic E-state index is 0.179. The van der Waals surface area contributed by atoms with Gasteiger partial charge in [-0.2, -0.15) is 0 Å². The Morgan fingerprint density at radius 3 is 2.64 bits per heavy atom. The van der Waals surface area contributed by atoms with Crippen LogP contribution in [-0.4, -0.2) is 18.4 Å². The first-order valence-corrected chi connectivity index (χ1v) is 5.61. The van der Waals surface area contributed by atoms with Crippen molar-refractivity contribution in [2.75, 3.05) is 7.05 Å². The Morgan fingerprint density at radius 2 is 2.21 bits per heavy atom. The fourth-order valence-corrected chi connectivity index (χ4v) is 2.05. The highest BCUT2D eigenvalue weighted by Crippen LogP contribution is 2.23. The van der Waals surface area contributed by atoms with Crippen LogP contribution in [0.5, 0.6) is 0 Å². The van der Waals surface area contributed by atoms with E-state index >= 15 is 0 Å². The molecular formula is C10H14ClNOS. The molecular weight excluding hydrogens is 218 g/mol. The van der Waals surface area contributed by atoms with E-state index in [-0.39, 0.29) is 5.78 Å². The Kier molecular flexibility index (Phi) is 3.70. The van der Waals surface area contributed by atoms with Gasteiger partial charge in [0.1, 0.15) is 0 Å².